The maximum atomic E-state index is 5.71. The Labute approximate surface area is 119 Å². The van der Waals surface area contributed by atoms with E-state index in [1.165, 1.54) is 11.1 Å². The van der Waals surface area contributed by atoms with Gasteiger partial charge in [-0.05, 0) is 32.6 Å². The van der Waals surface area contributed by atoms with Gasteiger partial charge in [-0.15, -0.1) is 5.10 Å². The number of aromatic nitrogens is 3. The van der Waals surface area contributed by atoms with Crippen molar-refractivity contribution >= 4 is 15.9 Å². The van der Waals surface area contributed by atoms with Gasteiger partial charge in [0.15, 0.2) is 4.60 Å². The molecule has 1 aliphatic rings. The van der Waals surface area contributed by atoms with Crippen molar-refractivity contribution in [1.82, 2.24) is 20.4 Å². The van der Waals surface area contributed by atoms with Crippen molar-refractivity contribution < 1.29 is 4.74 Å². The lowest BCUT2D eigenvalue weighted by Crippen LogP contribution is -2.30. The fraction of sp³-hybridized carbons (Fsp3) is 0.333. The van der Waals surface area contributed by atoms with Gasteiger partial charge in [-0.2, -0.15) is 0 Å². The summed E-state index contributed by atoms with van der Waals surface area (Å²) in [5, 5.41) is 7.97. The number of rotatable bonds is 3. The van der Waals surface area contributed by atoms with Crippen LogP contribution in [0.5, 0.6) is 0 Å². The molecule has 0 amide bonds. The summed E-state index contributed by atoms with van der Waals surface area (Å²) >= 11 is 3.40. The number of nitrogens with one attached hydrogen (secondary N) is 1. The number of nitrogens with two attached hydrogens (primary N) is 1. The summed E-state index contributed by atoms with van der Waals surface area (Å²) in [6.45, 7) is 1.35. The maximum absolute atomic E-state index is 5.71. The second-order valence-electron chi connectivity index (χ2n) is 4.51. The molecule has 7 heteroatoms. The number of nitrogens with zero attached hydrogens (tertiary/aromatic N) is 3. The van der Waals surface area contributed by atoms with Crippen LogP contribution in [-0.4, -0.2) is 15.0 Å². The predicted molar refractivity (Wildman–Crippen MR) is 72.8 cm³/mol. The molecular formula is C12H14BrN5O. The molecule has 0 aliphatic carbocycles. The van der Waals surface area contributed by atoms with Gasteiger partial charge in [0.25, 0.3) is 0 Å². The van der Waals surface area contributed by atoms with E-state index in [0.29, 0.717) is 17.8 Å². The van der Waals surface area contributed by atoms with Crippen LogP contribution in [0, 0.1) is 0 Å². The zero-order valence-electron chi connectivity index (χ0n) is 10.4. The molecule has 1 aliphatic heterocycles. The molecule has 6 nitrogen and oxygen atoms in total. The van der Waals surface area contributed by atoms with Gasteiger partial charge in [-0.1, -0.05) is 23.4 Å². The van der Waals surface area contributed by atoms with Crippen molar-refractivity contribution in [1.29, 1.82) is 0 Å². The van der Waals surface area contributed by atoms with Gasteiger partial charge in [0.2, 0.25) is 0 Å². The van der Waals surface area contributed by atoms with Gasteiger partial charge in [-0.3, -0.25) is 5.84 Å². The molecule has 1 unspecified atom stereocenters. The van der Waals surface area contributed by atoms with Crippen molar-refractivity contribution in [2.45, 2.75) is 19.3 Å². The van der Waals surface area contributed by atoms with Gasteiger partial charge < -0.3 is 4.74 Å². The van der Waals surface area contributed by atoms with E-state index in [1.807, 2.05) is 7.05 Å². The smallest absolute Gasteiger partial charge is 0.153 e. The molecule has 0 spiro atoms. The van der Waals surface area contributed by atoms with Crippen LogP contribution in [0.3, 0.4) is 0 Å². The first kappa shape index (κ1) is 12.7. The third kappa shape index (κ3) is 2.18. The number of hydrazine groups is 1. The Bertz CT molecular complexity index is 593. The van der Waals surface area contributed by atoms with Gasteiger partial charge in [0, 0.05) is 7.05 Å². The van der Waals surface area contributed by atoms with Crippen molar-refractivity contribution in [3.8, 4) is 0 Å². The molecule has 2 aromatic rings. The van der Waals surface area contributed by atoms with Crippen LogP contribution in [-0.2, 0) is 25.0 Å². The quantitative estimate of drug-likeness (QED) is 0.654. The van der Waals surface area contributed by atoms with Crippen LogP contribution in [0.2, 0.25) is 0 Å². The van der Waals surface area contributed by atoms with E-state index >= 15 is 0 Å². The second kappa shape index (κ2) is 5.01. The van der Waals surface area contributed by atoms with Crippen molar-refractivity contribution in [3.63, 3.8) is 0 Å². The summed E-state index contributed by atoms with van der Waals surface area (Å²) in [7, 11) is 1.84. The molecule has 100 valence electrons. The van der Waals surface area contributed by atoms with E-state index in [1.54, 1.807) is 4.68 Å². The monoisotopic (exact) mass is 323 g/mol. The molecule has 1 aromatic carbocycles. The summed E-state index contributed by atoms with van der Waals surface area (Å²) in [6, 6.07) is 6.09. The predicted octanol–water partition coefficient (Wildman–Crippen LogP) is 1.16. The minimum Gasteiger partial charge on any atom is -0.372 e. The number of ether oxygens (including phenoxy) is 1. The minimum atomic E-state index is -0.166. The van der Waals surface area contributed by atoms with E-state index in [0.717, 1.165) is 11.3 Å². The molecule has 0 bridgehead atoms. The lowest BCUT2D eigenvalue weighted by molar-refractivity contribution is 0.134. The van der Waals surface area contributed by atoms with Gasteiger partial charge in [0.05, 0.1) is 24.9 Å². The molecule has 2 heterocycles. The zero-order chi connectivity index (χ0) is 13.4. The molecule has 3 rings (SSSR count). The van der Waals surface area contributed by atoms with Crippen LogP contribution < -0.4 is 11.3 Å². The maximum Gasteiger partial charge on any atom is 0.153 e. The van der Waals surface area contributed by atoms with E-state index in [4.69, 9.17) is 10.6 Å². The standard InChI is InChI=1S/C12H14BrN5O/c1-18-11(12(13)16-17-18)10(15-14)7-2-3-8-5-19-6-9(8)4-7/h2-4,10,15H,5-6,14H2,1H3. The normalized spacial score (nSPS) is 15.5. The number of halogens is 1. The highest BCUT2D eigenvalue weighted by atomic mass is 79.9. The third-order valence-corrected chi connectivity index (χ3v) is 3.91. The summed E-state index contributed by atoms with van der Waals surface area (Å²) < 4.78 is 7.83. The molecule has 1 aromatic heterocycles. The minimum absolute atomic E-state index is 0.166. The molecule has 3 N–H and O–H groups in total. The summed E-state index contributed by atoms with van der Waals surface area (Å²) in [4.78, 5) is 0. The van der Waals surface area contributed by atoms with E-state index in [-0.39, 0.29) is 6.04 Å². The Balaban J connectivity index is 2.03. The first-order valence-electron chi connectivity index (χ1n) is 5.91. The number of hydrogen-bond donors (Lipinski definition) is 2. The summed E-state index contributed by atoms with van der Waals surface area (Å²) in [6.07, 6.45) is 0. The van der Waals surface area contributed by atoms with Crippen LogP contribution in [0.15, 0.2) is 22.8 Å². The molecule has 1 atom stereocenters. The Kier molecular flexibility index (Phi) is 3.36. The van der Waals surface area contributed by atoms with Crippen LogP contribution in [0.25, 0.3) is 0 Å². The van der Waals surface area contributed by atoms with Gasteiger partial charge in [-0.25, -0.2) is 10.1 Å². The Hall–Kier alpha value is -1.28. The number of aryl methyl sites for hydroxylation is 1. The Morgan fingerprint density at radius 1 is 1.42 bits per heavy atom. The molecule has 0 saturated carbocycles. The number of benzene rings is 1. The van der Waals surface area contributed by atoms with Crippen molar-refractivity contribution in [3.05, 3.63) is 45.2 Å². The summed E-state index contributed by atoms with van der Waals surface area (Å²) in [5.74, 6) is 5.71. The van der Waals surface area contributed by atoms with Crippen LogP contribution in [0.1, 0.15) is 28.4 Å². The lowest BCUT2D eigenvalue weighted by atomic mass is 9.99. The first-order valence-corrected chi connectivity index (χ1v) is 6.70. The highest BCUT2D eigenvalue weighted by Gasteiger charge is 2.22. The van der Waals surface area contributed by atoms with E-state index < -0.39 is 0 Å². The van der Waals surface area contributed by atoms with Crippen molar-refractivity contribution in [2.75, 3.05) is 0 Å². The average molecular weight is 324 g/mol. The lowest BCUT2D eigenvalue weighted by Gasteiger charge is -2.17. The van der Waals surface area contributed by atoms with Crippen LogP contribution in [0.4, 0.5) is 0 Å². The molecule has 0 fully saturated rings. The first-order chi connectivity index (χ1) is 9.20. The summed E-state index contributed by atoms with van der Waals surface area (Å²) in [5.41, 5.74) is 7.23. The fourth-order valence-electron chi connectivity index (χ4n) is 2.35. The van der Waals surface area contributed by atoms with E-state index in [2.05, 4.69) is 49.9 Å². The van der Waals surface area contributed by atoms with Crippen molar-refractivity contribution in [2.24, 2.45) is 12.9 Å². The average Bonchev–Trinajstić information content (AvgIpc) is 3.00. The Morgan fingerprint density at radius 3 is 2.89 bits per heavy atom. The fourth-order valence-corrected chi connectivity index (χ4v) is 2.91. The van der Waals surface area contributed by atoms with Crippen LogP contribution >= 0.6 is 15.9 Å². The third-order valence-electron chi connectivity index (χ3n) is 3.35. The molecule has 0 saturated heterocycles. The van der Waals surface area contributed by atoms with E-state index in [9.17, 15) is 0 Å². The topological polar surface area (TPSA) is 78.0 Å². The highest BCUT2D eigenvalue weighted by molar-refractivity contribution is 9.10. The SMILES string of the molecule is Cn1nnc(Br)c1C(NN)c1ccc2c(c1)COC2. The molecular weight excluding hydrogens is 310 g/mol. The zero-order valence-corrected chi connectivity index (χ0v) is 12.0. The highest BCUT2D eigenvalue weighted by Crippen LogP contribution is 2.29. The second-order valence-corrected chi connectivity index (χ2v) is 5.26. The largest absolute Gasteiger partial charge is 0.372 e. The molecule has 19 heavy (non-hydrogen) atoms. The molecule has 0 radical (unpaired) electrons. The number of hydrogen-bond acceptors (Lipinski definition) is 5. The Morgan fingerprint density at radius 2 is 2.21 bits per heavy atom. The number of fused-ring (bicyclic) bond motifs is 1. The van der Waals surface area contributed by atoms with Gasteiger partial charge in [0.1, 0.15) is 0 Å². The van der Waals surface area contributed by atoms with Gasteiger partial charge >= 0.3 is 0 Å².